The summed E-state index contributed by atoms with van der Waals surface area (Å²) in [5.74, 6) is 0.301. The van der Waals surface area contributed by atoms with Gasteiger partial charge in [-0.3, -0.25) is 14.9 Å². The highest BCUT2D eigenvalue weighted by atomic mass is 16.6. The first-order valence-electron chi connectivity index (χ1n) is 5.61. The molecule has 1 aliphatic carbocycles. The van der Waals surface area contributed by atoms with Crippen molar-refractivity contribution < 1.29 is 9.72 Å². The van der Waals surface area contributed by atoms with Crippen LogP contribution in [0.1, 0.15) is 38.5 Å². The van der Waals surface area contributed by atoms with Crippen LogP contribution in [0.2, 0.25) is 0 Å². The van der Waals surface area contributed by atoms with Gasteiger partial charge in [-0.25, -0.2) is 0 Å². The molecule has 5 nitrogen and oxygen atoms in total. The van der Waals surface area contributed by atoms with Crippen LogP contribution in [0.3, 0.4) is 0 Å². The minimum atomic E-state index is -0.564. The second kappa shape index (κ2) is 4.16. The zero-order valence-electron chi connectivity index (χ0n) is 8.65. The van der Waals surface area contributed by atoms with E-state index in [0.717, 1.165) is 25.7 Å². The van der Waals surface area contributed by atoms with E-state index in [0.29, 0.717) is 18.8 Å². The predicted octanol–water partition coefficient (Wildman–Crippen LogP) is 1.10. The molecule has 2 unspecified atom stereocenters. The van der Waals surface area contributed by atoms with Gasteiger partial charge < -0.3 is 5.32 Å². The van der Waals surface area contributed by atoms with Gasteiger partial charge >= 0.3 is 0 Å². The minimum Gasteiger partial charge on any atom is -0.346 e. The first-order valence-corrected chi connectivity index (χ1v) is 5.61. The van der Waals surface area contributed by atoms with Crippen LogP contribution in [0.5, 0.6) is 0 Å². The van der Waals surface area contributed by atoms with Crippen molar-refractivity contribution >= 4 is 5.91 Å². The number of hydrogen-bond donors (Lipinski definition) is 1. The average Bonchev–Trinajstić information content (AvgIpc) is 2.69. The van der Waals surface area contributed by atoms with Crippen molar-refractivity contribution in [3.63, 3.8) is 0 Å². The smallest absolute Gasteiger partial charge is 0.233 e. The van der Waals surface area contributed by atoms with Crippen molar-refractivity contribution in [3.05, 3.63) is 10.1 Å². The molecule has 1 heterocycles. The topological polar surface area (TPSA) is 72.2 Å². The van der Waals surface area contributed by atoms with Gasteiger partial charge in [0.25, 0.3) is 0 Å². The molecule has 0 spiro atoms. The fourth-order valence-electron chi connectivity index (χ4n) is 2.80. The van der Waals surface area contributed by atoms with Crippen LogP contribution >= 0.6 is 0 Å². The Balaban J connectivity index is 2.08. The summed E-state index contributed by atoms with van der Waals surface area (Å²) in [6.45, 7) is 0. The number of hydrogen-bond acceptors (Lipinski definition) is 3. The van der Waals surface area contributed by atoms with Gasteiger partial charge in [-0.15, -0.1) is 0 Å². The fraction of sp³-hybridized carbons (Fsp3) is 0.900. The van der Waals surface area contributed by atoms with Crippen LogP contribution in [-0.2, 0) is 4.79 Å². The van der Waals surface area contributed by atoms with Gasteiger partial charge in [0.15, 0.2) is 0 Å². The van der Waals surface area contributed by atoms with E-state index in [1.807, 2.05) is 0 Å². The van der Waals surface area contributed by atoms with Crippen LogP contribution < -0.4 is 5.32 Å². The lowest BCUT2D eigenvalue weighted by Gasteiger charge is -2.30. The Labute approximate surface area is 88.4 Å². The lowest BCUT2D eigenvalue weighted by atomic mass is 9.87. The van der Waals surface area contributed by atoms with E-state index in [1.165, 1.54) is 0 Å². The summed E-state index contributed by atoms with van der Waals surface area (Å²) in [7, 11) is 0. The molecule has 0 aromatic carbocycles. The molecule has 2 rings (SSSR count). The minimum absolute atomic E-state index is 0.0231. The Bertz CT molecular complexity index is 274. The number of nitrogens with one attached hydrogen (secondary N) is 1. The summed E-state index contributed by atoms with van der Waals surface area (Å²) >= 11 is 0. The first kappa shape index (κ1) is 10.4. The van der Waals surface area contributed by atoms with Gasteiger partial charge in [0.2, 0.25) is 11.9 Å². The van der Waals surface area contributed by atoms with Crippen molar-refractivity contribution in [2.75, 3.05) is 0 Å². The molecule has 0 radical (unpaired) electrons. The summed E-state index contributed by atoms with van der Waals surface area (Å²) in [5.41, 5.74) is 0. The molecule has 2 atom stereocenters. The van der Waals surface area contributed by atoms with Crippen LogP contribution in [0.25, 0.3) is 0 Å². The van der Waals surface area contributed by atoms with Crippen LogP contribution in [0, 0.1) is 16.0 Å². The second-order valence-corrected chi connectivity index (χ2v) is 4.53. The standard InChI is InChI=1S/C10H16N2O3/c13-9-6-5-8(12(14)15)10(11-9)7-3-1-2-4-7/h7-8,10H,1-6H2,(H,11,13). The number of nitro groups is 1. The van der Waals surface area contributed by atoms with Crippen LogP contribution in [0.15, 0.2) is 0 Å². The van der Waals surface area contributed by atoms with Crippen molar-refractivity contribution in [3.8, 4) is 0 Å². The maximum Gasteiger partial charge on any atom is 0.233 e. The van der Waals surface area contributed by atoms with Gasteiger partial charge in [0.05, 0.1) is 6.04 Å². The third-order valence-corrected chi connectivity index (χ3v) is 3.59. The summed E-state index contributed by atoms with van der Waals surface area (Å²) in [6.07, 6.45) is 5.03. The van der Waals surface area contributed by atoms with E-state index in [4.69, 9.17) is 0 Å². The first-order chi connectivity index (χ1) is 7.18. The number of nitrogens with zero attached hydrogens (tertiary/aromatic N) is 1. The Hall–Kier alpha value is -1.13. The Morgan fingerprint density at radius 2 is 1.93 bits per heavy atom. The highest BCUT2D eigenvalue weighted by molar-refractivity contribution is 5.77. The van der Waals surface area contributed by atoms with E-state index in [1.54, 1.807) is 0 Å². The van der Waals surface area contributed by atoms with E-state index in [-0.39, 0.29) is 16.9 Å². The molecule has 1 amide bonds. The lowest BCUT2D eigenvalue weighted by Crippen LogP contribution is -2.54. The van der Waals surface area contributed by atoms with Gasteiger partial charge in [-0.1, -0.05) is 12.8 Å². The SMILES string of the molecule is O=C1CCC([N+](=O)[O-])C(C2CCCC2)N1. The molecular formula is C10H16N2O3. The normalized spacial score (nSPS) is 32.7. The number of amides is 1. The van der Waals surface area contributed by atoms with Crippen molar-refractivity contribution in [1.29, 1.82) is 0 Å². The Morgan fingerprint density at radius 3 is 2.53 bits per heavy atom. The molecule has 1 aliphatic heterocycles. The molecule has 2 aliphatic rings. The van der Waals surface area contributed by atoms with Gasteiger partial charge in [-0.05, 0) is 18.8 Å². The second-order valence-electron chi connectivity index (χ2n) is 4.53. The van der Waals surface area contributed by atoms with E-state index in [9.17, 15) is 14.9 Å². The summed E-state index contributed by atoms with van der Waals surface area (Å²) in [6, 6.07) is -0.783. The van der Waals surface area contributed by atoms with Gasteiger partial charge in [0, 0.05) is 17.8 Å². The fourth-order valence-corrected chi connectivity index (χ4v) is 2.80. The number of carbonyl (C=O) groups excluding carboxylic acids is 1. The van der Waals surface area contributed by atoms with Crippen molar-refractivity contribution in [2.45, 2.75) is 50.6 Å². The third-order valence-electron chi connectivity index (χ3n) is 3.59. The van der Waals surface area contributed by atoms with Crippen LogP contribution in [0.4, 0.5) is 0 Å². The quantitative estimate of drug-likeness (QED) is 0.550. The van der Waals surface area contributed by atoms with Crippen molar-refractivity contribution in [1.82, 2.24) is 5.32 Å². The molecule has 2 fully saturated rings. The molecule has 0 aromatic heterocycles. The predicted molar refractivity (Wildman–Crippen MR) is 53.9 cm³/mol. The molecule has 84 valence electrons. The van der Waals surface area contributed by atoms with Gasteiger partial charge in [0.1, 0.15) is 0 Å². The summed E-state index contributed by atoms with van der Waals surface area (Å²) < 4.78 is 0. The van der Waals surface area contributed by atoms with E-state index in [2.05, 4.69) is 5.32 Å². The van der Waals surface area contributed by atoms with Gasteiger partial charge in [-0.2, -0.15) is 0 Å². The number of rotatable bonds is 2. The number of piperidine rings is 1. The maximum atomic E-state index is 11.3. The Kier molecular flexibility index (Phi) is 2.88. The highest BCUT2D eigenvalue weighted by Crippen LogP contribution is 2.32. The molecule has 1 saturated heterocycles. The lowest BCUT2D eigenvalue weighted by molar-refractivity contribution is -0.530. The van der Waals surface area contributed by atoms with Crippen LogP contribution in [-0.4, -0.2) is 22.9 Å². The molecule has 0 bridgehead atoms. The summed E-state index contributed by atoms with van der Waals surface area (Å²) in [4.78, 5) is 21.9. The Morgan fingerprint density at radius 1 is 1.27 bits per heavy atom. The molecule has 5 heteroatoms. The zero-order valence-corrected chi connectivity index (χ0v) is 8.65. The summed E-state index contributed by atoms with van der Waals surface area (Å²) in [5, 5.41) is 13.7. The molecular weight excluding hydrogens is 196 g/mol. The van der Waals surface area contributed by atoms with E-state index >= 15 is 0 Å². The molecule has 1 N–H and O–H groups in total. The largest absolute Gasteiger partial charge is 0.346 e. The average molecular weight is 212 g/mol. The zero-order chi connectivity index (χ0) is 10.8. The highest BCUT2D eigenvalue weighted by Gasteiger charge is 2.42. The molecule has 1 saturated carbocycles. The van der Waals surface area contributed by atoms with Crippen molar-refractivity contribution in [2.24, 2.45) is 5.92 Å². The monoisotopic (exact) mass is 212 g/mol. The van der Waals surface area contributed by atoms with E-state index < -0.39 is 6.04 Å². The number of carbonyl (C=O) groups is 1. The third kappa shape index (κ3) is 2.11. The molecule has 0 aromatic rings. The maximum absolute atomic E-state index is 11.3. The molecule has 15 heavy (non-hydrogen) atoms.